The third-order valence-corrected chi connectivity index (χ3v) is 5.17. The topological polar surface area (TPSA) is 101 Å². The standard InChI is InChI=1S/C12H21NO5S/c1-8(19(2,17)18)11(14)13-10-7-5-3-4-6-9(10)12(15)16/h8-10H,3-7H2,1-2H3,(H,13,14)(H,15,16). The summed E-state index contributed by atoms with van der Waals surface area (Å²) in [6, 6.07) is -0.475. The van der Waals surface area contributed by atoms with Crippen LogP contribution in [0.2, 0.25) is 0 Å². The van der Waals surface area contributed by atoms with Crippen LogP contribution in [0.15, 0.2) is 0 Å². The van der Waals surface area contributed by atoms with Crippen molar-refractivity contribution in [3.8, 4) is 0 Å². The monoisotopic (exact) mass is 291 g/mol. The molecule has 0 aromatic heterocycles. The van der Waals surface area contributed by atoms with Gasteiger partial charge in [0.2, 0.25) is 5.91 Å². The molecule has 0 saturated heterocycles. The van der Waals surface area contributed by atoms with E-state index < -0.39 is 38.9 Å². The lowest BCUT2D eigenvalue weighted by atomic mass is 9.95. The van der Waals surface area contributed by atoms with Gasteiger partial charge in [0.25, 0.3) is 0 Å². The van der Waals surface area contributed by atoms with E-state index in [0.717, 1.165) is 25.5 Å². The molecule has 1 rings (SSSR count). The minimum Gasteiger partial charge on any atom is -0.481 e. The number of aliphatic carboxylic acids is 1. The van der Waals surface area contributed by atoms with Crippen molar-refractivity contribution in [2.45, 2.75) is 50.3 Å². The number of carboxylic acids is 1. The van der Waals surface area contributed by atoms with Crippen LogP contribution in [-0.4, -0.2) is 42.9 Å². The number of carbonyl (C=O) groups is 2. The fourth-order valence-electron chi connectivity index (χ4n) is 2.27. The Labute approximate surface area is 113 Å². The number of amides is 1. The smallest absolute Gasteiger partial charge is 0.308 e. The van der Waals surface area contributed by atoms with E-state index in [4.69, 9.17) is 0 Å². The van der Waals surface area contributed by atoms with Gasteiger partial charge in [-0.2, -0.15) is 0 Å². The molecule has 2 N–H and O–H groups in total. The van der Waals surface area contributed by atoms with Gasteiger partial charge in [0.05, 0.1) is 5.92 Å². The van der Waals surface area contributed by atoms with Gasteiger partial charge in [0.15, 0.2) is 9.84 Å². The van der Waals surface area contributed by atoms with Crippen molar-refractivity contribution in [2.75, 3.05) is 6.26 Å². The Balaban J connectivity index is 2.76. The molecule has 0 aliphatic heterocycles. The first-order chi connectivity index (χ1) is 8.73. The summed E-state index contributed by atoms with van der Waals surface area (Å²) >= 11 is 0. The summed E-state index contributed by atoms with van der Waals surface area (Å²) in [4.78, 5) is 23.1. The Kier molecular flexibility index (Phi) is 5.34. The van der Waals surface area contributed by atoms with Gasteiger partial charge in [-0.3, -0.25) is 9.59 Å². The van der Waals surface area contributed by atoms with E-state index in [1.165, 1.54) is 6.92 Å². The van der Waals surface area contributed by atoms with Gasteiger partial charge >= 0.3 is 5.97 Å². The minimum absolute atomic E-state index is 0.475. The number of hydrogen-bond donors (Lipinski definition) is 2. The second kappa shape index (κ2) is 6.36. The fourth-order valence-corrected chi connectivity index (χ4v) is 2.73. The van der Waals surface area contributed by atoms with Crippen molar-refractivity contribution in [3.63, 3.8) is 0 Å². The molecule has 1 amide bonds. The molecular formula is C12H21NO5S. The number of nitrogens with one attached hydrogen (secondary N) is 1. The van der Waals surface area contributed by atoms with Gasteiger partial charge in [-0.15, -0.1) is 0 Å². The Morgan fingerprint density at radius 3 is 2.32 bits per heavy atom. The lowest BCUT2D eigenvalue weighted by Gasteiger charge is -2.24. The fraction of sp³-hybridized carbons (Fsp3) is 0.833. The summed E-state index contributed by atoms with van der Waals surface area (Å²) in [6.45, 7) is 1.32. The van der Waals surface area contributed by atoms with E-state index in [1.807, 2.05) is 0 Å². The van der Waals surface area contributed by atoms with Crippen LogP contribution in [-0.2, 0) is 19.4 Å². The minimum atomic E-state index is -3.46. The van der Waals surface area contributed by atoms with E-state index in [0.29, 0.717) is 12.8 Å². The van der Waals surface area contributed by atoms with Crippen LogP contribution >= 0.6 is 0 Å². The SMILES string of the molecule is CC(C(=O)NC1CCCCCC1C(=O)O)S(C)(=O)=O. The van der Waals surface area contributed by atoms with Crippen molar-refractivity contribution < 1.29 is 23.1 Å². The van der Waals surface area contributed by atoms with Crippen LogP contribution < -0.4 is 5.32 Å². The Hall–Kier alpha value is -1.11. The zero-order chi connectivity index (χ0) is 14.6. The molecule has 1 aliphatic carbocycles. The van der Waals surface area contributed by atoms with Crippen molar-refractivity contribution in [1.29, 1.82) is 0 Å². The number of carbonyl (C=O) groups excluding carboxylic acids is 1. The highest BCUT2D eigenvalue weighted by atomic mass is 32.2. The highest BCUT2D eigenvalue weighted by molar-refractivity contribution is 7.92. The van der Waals surface area contributed by atoms with Gasteiger partial charge in [-0.1, -0.05) is 19.3 Å². The maximum absolute atomic E-state index is 11.9. The maximum atomic E-state index is 11.9. The van der Waals surface area contributed by atoms with E-state index >= 15 is 0 Å². The highest BCUT2D eigenvalue weighted by Crippen LogP contribution is 2.24. The van der Waals surface area contributed by atoms with Crippen molar-refractivity contribution in [1.82, 2.24) is 5.32 Å². The Morgan fingerprint density at radius 1 is 1.21 bits per heavy atom. The number of sulfone groups is 1. The quantitative estimate of drug-likeness (QED) is 0.737. The number of carboxylic acid groups (broad SMARTS) is 1. The zero-order valence-corrected chi connectivity index (χ0v) is 12.1. The van der Waals surface area contributed by atoms with Crippen LogP contribution in [0.25, 0.3) is 0 Å². The lowest BCUT2D eigenvalue weighted by molar-refractivity contribution is -0.143. The Bertz CT molecular complexity index is 445. The lowest BCUT2D eigenvalue weighted by Crippen LogP contribution is -2.47. The summed E-state index contributed by atoms with van der Waals surface area (Å²) in [5, 5.41) is 10.6. The summed E-state index contributed by atoms with van der Waals surface area (Å²) in [5.74, 6) is -2.17. The first kappa shape index (κ1) is 15.9. The van der Waals surface area contributed by atoms with Crippen molar-refractivity contribution in [2.24, 2.45) is 5.92 Å². The van der Waals surface area contributed by atoms with Crippen LogP contribution in [0.4, 0.5) is 0 Å². The summed E-state index contributed by atoms with van der Waals surface area (Å²) in [7, 11) is -3.46. The molecule has 19 heavy (non-hydrogen) atoms. The zero-order valence-electron chi connectivity index (χ0n) is 11.3. The summed E-state index contributed by atoms with van der Waals surface area (Å²) < 4.78 is 22.6. The molecule has 0 aromatic rings. The maximum Gasteiger partial charge on any atom is 0.308 e. The van der Waals surface area contributed by atoms with E-state index in [-0.39, 0.29) is 0 Å². The molecule has 3 atom stereocenters. The molecule has 0 bridgehead atoms. The summed E-state index contributed by atoms with van der Waals surface area (Å²) in [6.07, 6.45) is 4.72. The van der Waals surface area contributed by atoms with Gasteiger partial charge in [-0.05, 0) is 19.8 Å². The third kappa shape index (κ3) is 4.49. The molecule has 7 heteroatoms. The molecule has 0 heterocycles. The van der Waals surface area contributed by atoms with Crippen molar-refractivity contribution in [3.05, 3.63) is 0 Å². The van der Waals surface area contributed by atoms with Crippen LogP contribution in [0.5, 0.6) is 0 Å². The molecule has 0 spiro atoms. The highest BCUT2D eigenvalue weighted by Gasteiger charge is 2.33. The van der Waals surface area contributed by atoms with E-state index in [1.54, 1.807) is 0 Å². The third-order valence-electron chi connectivity index (χ3n) is 3.67. The Morgan fingerprint density at radius 2 is 1.79 bits per heavy atom. The molecule has 1 fully saturated rings. The van der Waals surface area contributed by atoms with Crippen LogP contribution in [0.3, 0.4) is 0 Å². The molecule has 6 nitrogen and oxygen atoms in total. The number of rotatable bonds is 4. The van der Waals surface area contributed by atoms with Gasteiger partial charge in [-0.25, -0.2) is 8.42 Å². The van der Waals surface area contributed by atoms with Crippen LogP contribution in [0, 0.1) is 5.92 Å². The average Bonchev–Trinajstić information content (AvgIpc) is 2.52. The molecule has 0 aromatic carbocycles. The van der Waals surface area contributed by atoms with E-state index in [9.17, 15) is 23.1 Å². The van der Waals surface area contributed by atoms with Gasteiger partial charge in [0.1, 0.15) is 5.25 Å². The molecular weight excluding hydrogens is 270 g/mol. The van der Waals surface area contributed by atoms with Gasteiger partial charge in [0, 0.05) is 12.3 Å². The normalized spacial score (nSPS) is 26.2. The molecule has 3 unspecified atom stereocenters. The second-order valence-corrected chi connectivity index (χ2v) is 7.54. The summed E-state index contributed by atoms with van der Waals surface area (Å²) in [5.41, 5.74) is 0. The van der Waals surface area contributed by atoms with Crippen molar-refractivity contribution >= 4 is 21.7 Å². The van der Waals surface area contributed by atoms with Gasteiger partial charge < -0.3 is 10.4 Å². The molecule has 110 valence electrons. The largest absolute Gasteiger partial charge is 0.481 e. The predicted octanol–water partition coefficient (Wildman–Crippen LogP) is 0.569. The first-order valence-corrected chi connectivity index (χ1v) is 8.41. The second-order valence-electron chi connectivity index (χ2n) is 5.17. The molecule has 0 radical (unpaired) electrons. The predicted molar refractivity (Wildman–Crippen MR) is 70.4 cm³/mol. The van der Waals surface area contributed by atoms with E-state index in [2.05, 4.69) is 5.32 Å². The average molecular weight is 291 g/mol. The molecule has 1 saturated carbocycles. The number of hydrogen-bond acceptors (Lipinski definition) is 4. The first-order valence-electron chi connectivity index (χ1n) is 6.45. The van der Waals surface area contributed by atoms with Crippen LogP contribution in [0.1, 0.15) is 39.0 Å². The molecule has 1 aliphatic rings.